The summed E-state index contributed by atoms with van der Waals surface area (Å²) in [4.78, 5) is 15.6. The van der Waals surface area contributed by atoms with E-state index in [4.69, 9.17) is 14.6 Å². The van der Waals surface area contributed by atoms with Crippen molar-refractivity contribution in [2.75, 3.05) is 18.1 Å². The van der Waals surface area contributed by atoms with E-state index in [9.17, 15) is 13.2 Å². The number of carboxylic acid groups (broad SMARTS) is 1. The molecule has 2 aromatic carbocycles. The van der Waals surface area contributed by atoms with E-state index in [1.54, 1.807) is 24.5 Å². The fourth-order valence-corrected chi connectivity index (χ4v) is 7.67. The maximum atomic E-state index is 11.7. The van der Waals surface area contributed by atoms with E-state index in [2.05, 4.69) is 47.3 Å². The van der Waals surface area contributed by atoms with Gasteiger partial charge in [-0.1, -0.05) is 18.1 Å². The van der Waals surface area contributed by atoms with Gasteiger partial charge in [-0.15, -0.1) is 17.3 Å². The van der Waals surface area contributed by atoms with E-state index < -0.39 is 21.7 Å². The number of sulfone groups is 1. The van der Waals surface area contributed by atoms with E-state index >= 15 is 0 Å². The lowest BCUT2D eigenvalue weighted by Crippen LogP contribution is -2.26. The van der Waals surface area contributed by atoms with Crippen LogP contribution in [0.5, 0.6) is 11.5 Å². The van der Waals surface area contributed by atoms with Crippen molar-refractivity contribution < 1.29 is 27.8 Å². The lowest BCUT2D eigenvalue weighted by molar-refractivity contribution is -0.137. The number of benzene rings is 2. The predicted octanol–water partition coefficient (Wildman–Crippen LogP) is 6.64. The van der Waals surface area contributed by atoms with Crippen molar-refractivity contribution in [3.05, 3.63) is 76.9 Å². The average molecular weight is 604 g/mol. The normalized spacial score (nSPS) is 15.5. The highest BCUT2D eigenvalue weighted by Gasteiger charge is 2.24. The molecule has 0 bridgehead atoms. The van der Waals surface area contributed by atoms with Gasteiger partial charge in [0.25, 0.3) is 0 Å². The molecule has 0 amide bonds. The largest absolute Gasteiger partial charge is 0.493 e. The molecule has 0 saturated carbocycles. The fraction of sp³-hybridized carbons (Fsp3) is 0.333. The van der Waals surface area contributed by atoms with E-state index in [1.165, 1.54) is 0 Å². The summed E-state index contributed by atoms with van der Waals surface area (Å²) in [7, 11) is -2.87. The predicted molar refractivity (Wildman–Crippen MR) is 166 cm³/mol. The molecule has 5 rings (SSSR count). The molecular formula is C33H33NO6S2. The number of nitrogens with zero attached hydrogens (tertiary/aromatic N) is 1. The highest BCUT2D eigenvalue weighted by Crippen LogP contribution is 2.38. The lowest BCUT2D eigenvalue weighted by atomic mass is 9.98. The first kappa shape index (κ1) is 29.6. The summed E-state index contributed by atoms with van der Waals surface area (Å²) < 4.78 is 36.7. The molecule has 1 aliphatic rings. The first-order chi connectivity index (χ1) is 20.2. The van der Waals surface area contributed by atoms with E-state index in [1.807, 2.05) is 30.3 Å². The van der Waals surface area contributed by atoms with Crippen LogP contribution in [0.15, 0.2) is 60.1 Å². The highest BCUT2D eigenvalue weighted by atomic mass is 32.2. The Morgan fingerprint density at radius 1 is 1.07 bits per heavy atom. The first-order valence-corrected chi connectivity index (χ1v) is 16.6. The summed E-state index contributed by atoms with van der Waals surface area (Å²) in [5.41, 5.74) is 4.87. The molecule has 9 heteroatoms. The van der Waals surface area contributed by atoms with Gasteiger partial charge in [0.1, 0.15) is 27.9 Å². The van der Waals surface area contributed by atoms with Crippen LogP contribution in [-0.2, 0) is 21.2 Å². The molecule has 2 aromatic heterocycles. The molecule has 7 nitrogen and oxygen atoms in total. The third-order valence-electron chi connectivity index (χ3n) is 7.53. The highest BCUT2D eigenvalue weighted by molar-refractivity contribution is 7.91. The number of ether oxygens (including phenoxy) is 2. The van der Waals surface area contributed by atoms with Crippen LogP contribution < -0.4 is 9.47 Å². The van der Waals surface area contributed by atoms with Crippen LogP contribution in [0.2, 0.25) is 0 Å². The number of hydrogen-bond acceptors (Lipinski definition) is 7. The number of thiophene rings is 1. The van der Waals surface area contributed by atoms with Gasteiger partial charge in [-0.25, -0.2) is 8.42 Å². The van der Waals surface area contributed by atoms with Gasteiger partial charge in [0.05, 0.1) is 36.1 Å². The molecule has 1 saturated heterocycles. The Morgan fingerprint density at radius 2 is 1.83 bits per heavy atom. The zero-order valence-electron chi connectivity index (χ0n) is 23.6. The molecule has 1 aliphatic heterocycles. The molecule has 0 radical (unpaired) electrons. The van der Waals surface area contributed by atoms with Crippen LogP contribution in [0.1, 0.15) is 48.9 Å². The minimum atomic E-state index is -2.87. The number of hydrogen-bond donors (Lipinski definition) is 1. The van der Waals surface area contributed by atoms with Gasteiger partial charge in [-0.2, -0.15) is 0 Å². The number of aliphatic carboxylic acids is 1. The van der Waals surface area contributed by atoms with Gasteiger partial charge in [-0.05, 0) is 91.1 Å². The maximum Gasteiger partial charge on any atom is 0.304 e. The van der Waals surface area contributed by atoms with E-state index in [0.717, 1.165) is 49.5 Å². The monoisotopic (exact) mass is 603 g/mol. The zero-order chi connectivity index (χ0) is 29.7. The minimum absolute atomic E-state index is 0.0642. The Hall–Kier alpha value is -3.87. The molecule has 4 aromatic rings. The molecule has 218 valence electrons. The zero-order valence-corrected chi connectivity index (χ0v) is 25.3. The smallest absolute Gasteiger partial charge is 0.304 e. The Bertz CT molecular complexity index is 1730. The van der Waals surface area contributed by atoms with E-state index in [0.29, 0.717) is 19.4 Å². The Labute approximate surface area is 250 Å². The molecule has 42 heavy (non-hydrogen) atoms. The van der Waals surface area contributed by atoms with Crippen molar-refractivity contribution >= 4 is 37.2 Å². The average Bonchev–Trinajstić information content (AvgIpc) is 3.38. The molecule has 1 unspecified atom stereocenters. The van der Waals surface area contributed by atoms with Crippen molar-refractivity contribution in [3.8, 4) is 34.5 Å². The topological polar surface area (TPSA) is 103 Å². The van der Waals surface area contributed by atoms with Crippen molar-refractivity contribution in [3.63, 3.8) is 0 Å². The molecule has 1 atom stereocenters. The third kappa shape index (κ3) is 7.30. The van der Waals surface area contributed by atoms with Gasteiger partial charge in [0, 0.05) is 21.8 Å². The van der Waals surface area contributed by atoms with Crippen LogP contribution in [0, 0.1) is 24.7 Å². The molecule has 1 N–H and O–H groups in total. The Morgan fingerprint density at radius 3 is 2.52 bits per heavy atom. The van der Waals surface area contributed by atoms with Crippen LogP contribution in [0.25, 0.3) is 21.2 Å². The summed E-state index contributed by atoms with van der Waals surface area (Å²) in [6.07, 6.45) is 2.93. The maximum absolute atomic E-state index is 11.7. The van der Waals surface area contributed by atoms with Crippen molar-refractivity contribution in [1.29, 1.82) is 0 Å². The molecular weight excluding hydrogens is 570 g/mol. The second-order valence-corrected chi connectivity index (χ2v) is 13.8. The quantitative estimate of drug-likeness (QED) is 0.203. The second kappa shape index (κ2) is 13.0. The van der Waals surface area contributed by atoms with Crippen LogP contribution in [-0.4, -0.2) is 42.6 Å². The summed E-state index contributed by atoms with van der Waals surface area (Å²) in [6, 6.07) is 15.9. The summed E-state index contributed by atoms with van der Waals surface area (Å²) in [5, 5.41) is 12.4. The number of carbonyl (C=O) groups is 1. The number of fused-ring (bicyclic) bond motifs is 1. The summed E-state index contributed by atoms with van der Waals surface area (Å²) in [6.45, 7) is 4.58. The second-order valence-electron chi connectivity index (χ2n) is 10.6. The van der Waals surface area contributed by atoms with Crippen LogP contribution in [0.3, 0.4) is 0 Å². The minimum Gasteiger partial charge on any atom is -0.493 e. The number of pyridine rings is 1. The number of aromatic nitrogens is 1. The van der Waals surface area contributed by atoms with Gasteiger partial charge in [-0.3, -0.25) is 9.78 Å². The third-order valence-corrected chi connectivity index (χ3v) is 10.2. The SMILES string of the molecule is CC#CC(CC(=O)O)c1ccc(COc2ccc3scc(-c4ccc(OCC5CCS(=O)(=O)CC5)cc4C)c3c2)nc1. The number of rotatable bonds is 10. The van der Waals surface area contributed by atoms with Crippen LogP contribution in [0.4, 0.5) is 0 Å². The Kier molecular flexibility index (Phi) is 9.15. The van der Waals surface area contributed by atoms with Gasteiger partial charge < -0.3 is 14.6 Å². The molecule has 3 heterocycles. The fourth-order valence-electron chi connectivity index (χ4n) is 5.14. The van der Waals surface area contributed by atoms with Gasteiger partial charge >= 0.3 is 5.97 Å². The number of aryl methyl sites for hydroxylation is 1. The summed E-state index contributed by atoms with van der Waals surface area (Å²) >= 11 is 1.68. The molecule has 0 spiro atoms. The van der Waals surface area contributed by atoms with Crippen molar-refractivity contribution in [2.45, 2.75) is 45.6 Å². The van der Waals surface area contributed by atoms with Gasteiger partial charge in [0.15, 0.2) is 0 Å². The Balaban J connectivity index is 1.25. The lowest BCUT2D eigenvalue weighted by Gasteiger charge is -2.22. The standard InChI is InChI=1S/C33H33NO6S2/c1-3-4-24(16-33(35)36)25-5-6-26(34-18-25)20-40-28-8-10-32-30(17-28)31(21-41-32)29-9-7-27(15-22(29)2)39-19-23-11-13-42(37,38)14-12-23/h5-10,15,17-18,21,23-24H,11-14,16,19-20H2,1-2H3,(H,35,36). The van der Waals surface area contributed by atoms with Crippen LogP contribution >= 0.6 is 11.3 Å². The van der Waals surface area contributed by atoms with E-state index in [-0.39, 0.29) is 30.5 Å². The molecule has 0 aliphatic carbocycles. The number of carboxylic acids is 1. The summed E-state index contributed by atoms with van der Waals surface area (Å²) in [5.74, 6) is 6.76. The molecule has 1 fully saturated rings. The van der Waals surface area contributed by atoms with Crippen molar-refractivity contribution in [2.24, 2.45) is 5.92 Å². The first-order valence-electron chi connectivity index (χ1n) is 13.9. The van der Waals surface area contributed by atoms with Gasteiger partial charge in [0.2, 0.25) is 0 Å². The van der Waals surface area contributed by atoms with Crippen molar-refractivity contribution in [1.82, 2.24) is 4.98 Å².